The van der Waals surface area contributed by atoms with Gasteiger partial charge < -0.3 is 4.90 Å². The monoisotopic (exact) mass is 323 g/mol. The standard InChI is InChI=1S/C20H21NOS/c22-20(17-10-5-8-15-7-1-2-9-16(15)17)21-13-6-14-23-19-12-4-3-11-18(19)21/h1-4,7,9,11-12,17H,5-6,8,10,13-14H2. The van der Waals surface area contributed by atoms with E-state index in [9.17, 15) is 4.79 Å². The summed E-state index contributed by atoms with van der Waals surface area (Å²) in [5, 5.41) is 0. The number of hydrogen-bond acceptors (Lipinski definition) is 2. The molecule has 4 rings (SSSR count). The molecule has 2 nitrogen and oxygen atoms in total. The smallest absolute Gasteiger partial charge is 0.234 e. The number of aryl methyl sites for hydroxylation is 1. The minimum atomic E-state index is 0.0242. The van der Waals surface area contributed by atoms with Crippen molar-refractivity contribution >= 4 is 23.4 Å². The van der Waals surface area contributed by atoms with Crippen LogP contribution >= 0.6 is 11.8 Å². The van der Waals surface area contributed by atoms with E-state index in [0.717, 1.165) is 43.7 Å². The Labute approximate surface area is 141 Å². The highest BCUT2D eigenvalue weighted by Gasteiger charge is 2.31. The molecule has 1 aliphatic carbocycles. The van der Waals surface area contributed by atoms with Crippen molar-refractivity contribution in [2.24, 2.45) is 0 Å². The number of fused-ring (bicyclic) bond motifs is 2. The lowest BCUT2D eigenvalue weighted by atomic mass is 9.82. The Morgan fingerprint density at radius 2 is 1.87 bits per heavy atom. The SMILES string of the molecule is O=C(C1CCCc2ccccc21)N1CCCSc2ccccc21. The van der Waals surface area contributed by atoms with Crippen molar-refractivity contribution in [2.45, 2.75) is 36.5 Å². The van der Waals surface area contributed by atoms with Crippen LogP contribution in [0.3, 0.4) is 0 Å². The lowest BCUT2D eigenvalue weighted by Crippen LogP contribution is -2.37. The minimum Gasteiger partial charge on any atom is -0.311 e. The second-order valence-electron chi connectivity index (χ2n) is 6.30. The molecule has 2 aromatic rings. The summed E-state index contributed by atoms with van der Waals surface area (Å²) in [5.74, 6) is 1.39. The molecule has 0 radical (unpaired) electrons. The van der Waals surface area contributed by atoms with Gasteiger partial charge in [0.15, 0.2) is 0 Å². The van der Waals surface area contributed by atoms with E-state index in [4.69, 9.17) is 0 Å². The number of para-hydroxylation sites is 1. The fourth-order valence-corrected chi connectivity index (χ4v) is 4.75. The Kier molecular flexibility index (Phi) is 4.13. The number of amides is 1. The average Bonchev–Trinajstić information content (AvgIpc) is 2.83. The first-order chi connectivity index (χ1) is 11.3. The highest BCUT2D eigenvalue weighted by Crippen LogP contribution is 2.38. The van der Waals surface area contributed by atoms with Crippen LogP contribution in [0.2, 0.25) is 0 Å². The molecule has 118 valence electrons. The number of anilines is 1. The molecule has 1 unspecified atom stereocenters. The molecular weight excluding hydrogens is 302 g/mol. The summed E-state index contributed by atoms with van der Waals surface area (Å²) in [4.78, 5) is 16.6. The third-order valence-electron chi connectivity index (χ3n) is 4.87. The topological polar surface area (TPSA) is 20.3 Å². The van der Waals surface area contributed by atoms with Gasteiger partial charge in [-0.15, -0.1) is 11.8 Å². The van der Waals surface area contributed by atoms with E-state index in [-0.39, 0.29) is 11.8 Å². The summed E-state index contributed by atoms with van der Waals surface area (Å²) < 4.78 is 0. The Morgan fingerprint density at radius 1 is 1.04 bits per heavy atom. The third-order valence-corrected chi connectivity index (χ3v) is 6.02. The predicted octanol–water partition coefficient (Wildman–Crippen LogP) is 4.64. The van der Waals surface area contributed by atoms with Crippen LogP contribution in [-0.4, -0.2) is 18.2 Å². The first-order valence-corrected chi connectivity index (χ1v) is 9.44. The molecular formula is C20H21NOS. The molecule has 1 atom stereocenters. The molecule has 1 heterocycles. The summed E-state index contributed by atoms with van der Waals surface area (Å²) in [6.45, 7) is 0.835. The summed E-state index contributed by atoms with van der Waals surface area (Å²) in [6, 6.07) is 16.8. The molecule has 0 aromatic heterocycles. The lowest BCUT2D eigenvalue weighted by Gasteiger charge is -2.31. The number of rotatable bonds is 1. The van der Waals surface area contributed by atoms with Crippen molar-refractivity contribution in [1.29, 1.82) is 0 Å². The number of carbonyl (C=O) groups excluding carboxylic acids is 1. The maximum absolute atomic E-state index is 13.3. The van der Waals surface area contributed by atoms with Gasteiger partial charge in [0.1, 0.15) is 0 Å². The summed E-state index contributed by atoms with van der Waals surface area (Å²) in [5.41, 5.74) is 3.70. The number of benzene rings is 2. The molecule has 1 amide bonds. The first-order valence-electron chi connectivity index (χ1n) is 8.45. The lowest BCUT2D eigenvalue weighted by molar-refractivity contribution is -0.120. The summed E-state index contributed by atoms with van der Waals surface area (Å²) in [6.07, 6.45) is 4.24. The third kappa shape index (κ3) is 2.78. The van der Waals surface area contributed by atoms with Gasteiger partial charge in [0.2, 0.25) is 5.91 Å². The van der Waals surface area contributed by atoms with E-state index in [1.54, 1.807) is 0 Å². The molecule has 0 N–H and O–H groups in total. The molecule has 0 bridgehead atoms. The fraction of sp³-hybridized carbons (Fsp3) is 0.350. The predicted molar refractivity (Wildman–Crippen MR) is 96.3 cm³/mol. The van der Waals surface area contributed by atoms with Gasteiger partial charge in [-0.3, -0.25) is 4.79 Å². The minimum absolute atomic E-state index is 0.0242. The van der Waals surface area contributed by atoms with E-state index in [2.05, 4.69) is 42.5 Å². The largest absolute Gasteiger partial charge is 0.311 e. The summed E-state index contributed by atoms with van der Waals surface area (Å²) >= 11 is 1.87. The molecule has 0 saturated carbocycles. The molecule has 2 aliphatic rings. The molecule has 1 aliphatic heterocycles. The highest BCUT2D eigenvalue weighted by molar-refractivity contribution is 7.99. The van der Waals surface area contributed by atoms with Crippen LogP contribution in [0.1, 0.15) is 36.3 Å². The second kappa shape index (κ2) is 6.40. The zero-order chi connectivity index (χ0) is 15.6. The Hall–Kier alpha value is -1.74. The summed E-state index contributed by atoms with van der Waals surface area (Å²) in [7, 11) is 0. The van der Waals surface area contributed by atoms with E-state index in [1.807, 2.05) is 22.7 Å². The van der Waals surface area contributed by atoms with Crippen LogP contribution in [0.25, 0.3) is 0 Å². The van der Waals surface area contributed by atoms with Crippen LogP contribution in [-0.2, 0) is 11.2 Å². The van der Waals surface area contributed by atoms with Crippen molar-refractivity contribution in [3.8, 4) is 0 Å². The first kappa shape index (κ1) is 14.8. The van der Waals surface area contributed by atoms with E-state index < -0.39 is 0 Å². The van der Waals surface area contributed by atoms with Crippen molar-refractivity contribution in [1.82, 2.24) is 0 Å². The Balaban J connectivity index is 1.70. The number of carbonyl (C=O) groups is 1. The van der Waals surface area contributed by atoms with Crippen molar-refractivity contribution < 1.29 is 4.79 Å². The van der Waals surface area contributed by atoms with Gasteiger partial charge in [-0.05, 0) is 54.7 Å². The molecule has 0 spiro atoms. The van der Waals surface area contributed by atoms with E-state index in [0.29, 0.717) is 0 Å². The zero-order valence-electron chi connectivity index (χ0n) is 13.2. The van der Waals surface area contributed by atoms with Crippen LogP contribution in [0, 0.1) is 0 Å². The van der Waals surface area contributed by atoms with E-state index in [1.165, 1.54) is 16.0 Å². The maximum Gasteiger partial charge on any atom is 0.234 e. The van der Waals surface area contributed by atoms with Crippen LogP contribution < -0.4 is 4.90 Å². The van der Waals surface area contributed by atoms with Crippen molar-refractivity contribution in [3.63, 3.8) is 0 Å². The van der Waals surface area contributed by atoms with Crippen LogP contribution in [0.4, 0.5) is 5.69 Å². The van der Waals surface area contributed by atoms with Gasteiger partial charge in [-0.25, -0.2) is 0 Å². The fourth-order valence-electron chi connectivity index (χ4n) is 3.75. The van der Waals surface area contributed by atoms with Crippen LogP contribution in [0.15, 0.2) is 53.4 Å². The number of hydrogen-bond donors (Lipinski definition) is 0. The number of nitrogens with zero attached hydrogens (tertiary/aromatic N) is 1. The Morgan fingerprint density at radius 3 is 2.83 bits per heavy atom. The van der Waals surface area contributed by atoms with Gasteiger partial charge in [0.05, 0.1) is 11.6 Å². The second-order valence-corrected chi connectivity index (χ2v) is 7.44. The van der Waals surface area contributed by atoms with Gasteiger partial charge >= 0.3 is 0 Å². The van der Waals surface area contributed by atoms with Crippen molar-refractivity contribution in [2.75, 3.05) is 17.2 Å². The molecule has 0 fully saturated rings. The van der Waals surface area contributed by atoms with Gasteiger partial charge in [0, 0.05) is 11.4 Å². The molecule has 2 aromatic carbocycles. The van der Waals surface area contributed by atoms with Crippen molar-refractivity contribution in [3.05, 3.63) is 59.7 Å². The zero-order valence-corrected chi connectivity index (χ0v) is 14.0. The molecule has 3 heteroatoms. The van der Waals surface area contributed by atoms with Gasteiger partial charge in [0.25, 0.3) is 0 Å². The van der Waals surface area contributed by atoms with E-state index >= 15 is 0 Å². The van der Waals surface area contributed by atoms with Gasteiger partial charge in [-0.2, -0.15) is 0 Å². The van der Waals surface area contributed by atoms with Gasteiger partial charge in [-0.1, -0.05) is 36.4 Å². The normalized spacial score (nSPS) is 20.3. The maximum atomic E-state index is 13.3. The highest BCUT2D eigenvalue weighted by atomic mass is 32.2. The Bertz CT molecular complexity index is 727. The quantitative estimate of drug-likeness (QED) is 0.762. The average molecular weight is 323 g/mol. The van der Waals surface area contributed by atoms with Crippen LogP contribution in [0.5, 0.6) is 0 Å². The number of thioether (sulfide) groups is 1. The molecule has 0 saturated heterocycles. The molecule has 23 heavy (non-hydrogen) atoms.